The summed E-state index contributed by atoms with van der Waals surface area (Å²) in [6.07, 6.45) is 5.00. The lowest BCUT2D eigenvalue weighted by molar-refractivity contribution is 0.231. The van der Waals surface area contributed by atoms with Crippen molar-refractivity contribution in [2.45, 2.75) is 30.5 Å². The zero-order valence-electron chi connectivity index (χ0n) is 13.8. The Morgan fingerprint density at radius 3 is 2.96 bits per heavy atom. The topological polar surface area (TPSA) is 67.0 Å². The molecule has 0 saturated heterocycles. The maximum Gasteiger partial charge on any atom is 0.263 e. The van der Waals surface area contributed by atoms with Gasteiger partial charge in [0.1, 0.15) is 15.9 Å². The van der Waals surface area contributed by atoms with E-state index < -0.39 is 11.4 Å². The number of aromatic nitrogens is 2. The van der Waals surface area contributed by atoms with Gasteiger partial charge in [0, 0.05) is 12.0 Å². The number of fused-ring (bicyclic) bond motifs is 1. The van der Waals surface area contributed by atoms with Crippen molar-refractivity contribution in [3.8, 4) is 5.75 Å². The van der Waals surface area contributed by atoms with Gasteiger partial charge in [-0.2, -0.15) is 0 Å². The summed E-state index contributed by atoms with van der Waals surface area (Å²) in [7, 11) is 1.93. The van der Waals surface area contributed by atoms with Crippen LogP contribution in [0.25, 0.3) is 10.9 Å². The van der Waals surface area contributed by atoms with Crippen molar-refractivity contribution in [3.63, 3.8) is 0 Å². The molecular weight excluding hydrogens is 433 g/mol. The van der Waals surface area contributed by atoms with Gasteiger partial charge in [0.2, 0.25) is 0 Å². The van der Waals surface area contributed by atoms with E-state index in [1.165, 1.54) is 11.8 Å². The third-order valence-electron chi connectivity index (χ3n) is 4.58. The predicted octanol–water partition coefficient (Wildman–Crippen LogP) is 3.97. The van der Waals surface area contributed by atoms with Crippen LogP contribution in [0.15, 0.2) is 14.4 Å². The van der Waals surface area contributed by atoms with Crippen molar-refractivity contribution in [3.05, 3.63) is 25.7 Å². The van der Waals surface area contributed by atoms with Gasteiger partial charge >= 0.3 is 0 Å². The van der Waals surface area contributed by atoms with Crippen LogP contribution >= 0.6 is 39.3 Å². The molecule has 0 amide bonds. The molecule has 1 aromatic carbocycles. The van der Waals surface area contributed by atoms with Crippen molar-refractivity contribution >= 4 is 50.2 Å². The second-order valence-electron chi connectivity index (χ2n) is 5.97. The molecule has 2 N–H and O–H groups in total. The van der Waals surface area contributed by atoms with E-state index in [0.29, 0.717) is 23.7 Å². The van der Waals surface area contributed by atoms with E-state index in [2.05, 4.69) is 31.2 Å². The smallest absolute Gasteiger partial charge is 0.263 e. The lowest BCUT2D eigenvalue weighted by Crippen LogP contribution is -2.32. The fourth-order valence-electron chi connectivity index (χ4n) is 3.27. The normalized spacial score (nSPS) is 20.4. The van der Waals surface area contributed by atoms with Crippen molar-refractivity contribution < 1.29 is 9.13 Å². The fourth-order valence-corrected chi connectivity index (χ4v) is 4.25. The Balaban J connectivity index is 2.06. The summed E-state index contributed by atoms with van der Waals surface area (Å²) in [5, 5.41) is 3.71. The predicted molar refractivity (Wildman–Crippen MR) is 102 cm³/mol. The highest BCUT2D eigenvalue weighted by Crippen LogP contribution is 2.40. The van der Waals surface area contributed by atoms with Crippen LogP contribution in [0.1, 0.15) is 19.3 Å². The highest BCUT2D eigenvalue weighted by molar-refractivity contribution is 9.10. The Labute approximate surface area is 162 Å². The molecule has 1 aromatic heterocycles. The van der Waals surface area contributed by atoms with E-state index in [4.69, 9.17) is 16.3 Å². The van der Waals surface area contributed by atoms with Crippen LogP contribution in [0.4, 0.5) is 4.39 Å². The second-order valence-corrected chi connectivity index (χ2v) is 7.93. The molecule has 0 aliphatic heterocycles. The van der Waals surface area contributed by atoms with Gasteiger partial charge < -0.3 is 15.0 Å². The number of thioether (sulfide) groups is 1. The summed E-state index contributed by atoms with van der Waals surface area (Å²) in [4.78, 5) is 19.3. The van der Waals surface area contributed by atoms with Crippen molar-refractivity contribution in [2.75, 3.05) is 19.9 Å². The minimum absolute atomic E-state index is 0.0440. The summed E-state index contributed by atoms with van der Waals surface area (Å²) < 4.78 is 20.5. The average molecular weight is 451 g/mol. The number of halogens is 3. The third kappa shape index (κ3) is 3.54. The minimum atomic E-state index is -0.664. The molecule has 1 saturated carbocycles. The first kappa shape index (κ1) is 18.9. The van der Waals surface area contributed by atoms with Crippen LogP contribution in [-0.2, 0) is 0 Å². The van der Waals surface area contributed by atoms with Gasteiger partial charge in [-0.15, -0.1) is 0 Å². The lowest BCUT2D eigenvalue weighted by atomic mass is 10.1. The summed E-state index contributed by atoms with van der Waals surface area (Å²) in [5.41, 5.74) is -0.509. The highest BCUT2D eigenvalue weighted by Gasteiger charge is 2.28. The summed E-state index contributed by atoms with van der Waals surface area (Å²) in [6, 6.07) is 0.369. The first-order chi connectivity index (χ1) is 12.0. The summed E-state index contributed by atoms with van der Waals surface area (Å²) in [6.45, 7) is 0.405. The zero-order valence-corrected chi connectivity index (χ0v) is 16.9. The molecule has 136 valence electrons. The Morgan fingerprint density at radius 1 is 1.52 bits per heavy atom. The van der Waals surface area contributed by atoms with E-state index in [-0.39, 0.29) is 26.1 Å². The molecule has 2 unspecified atom stereocenters. The molecule has 3 rings (SSSR count). The standard InChI is InChI=1S/C16H18BrClFN3O2S/c1-20-8-5-3-4-7(8)6-24-14-9-13(12(19)10(17)11(14)18)21-16(25-2)22-15(9)23/h7-8,20H,3-6H2,1-2H3,(H,21,22,23). The largest absolute Gasteiger partial charge is 0.491 e. The molecule has 2 atom stereocenters. The Kier molecular flexibility index (Phi) is 5.92. The van der Waals surface area contributed by atoms with E-state index in [1.807, 2.05) is 7.05 Å². The molecule has 0 bridgehead atoms. The molecule has 1 aliphatic rings. The molecule has 5 nitrogen and oxygen atoms in total. The SMILES string of the molecule is CNC1CCCC1COc1c(Cl)c(Br)c(F)c2nc(SC)[nH]c(=O)c12. The van der Waals surface area contributed by atoms with Gasteiger partial charge in [0.05, 0.1) is 11.1 Å². The Morgan fingerprint density at radius 2 is 2.28 bits per heavy atom. The van der Waals surface area contributed by atoms with E-state index in [0.717, 1.165) is 19.3 Å². The Hall–Kier alpha value is -0.830. The maximum atomic E-state index is 14.6. The molecule has 2 aromatic rings. The number of nitrogens with zero attached hydrogens (tertiary/aromatic N) is 1. The molecular formula is C16H18BrClFN3O2S. The number of aromatic amines is 1. The number of benzene rings is 1. The van der Waals surface area contributed by atoms with Crippen LogP contribution in [0.2, 0.25) is 5.02 Å². The van der Waals surface area contributed by atoms with Gasteiger partial charge in [-0.25, -0.2) is 9.37 Å². The number of nitrogens with one attached hydrogen (secondary N) is 2. The quantitative estimate of drug-likeness (QED) is 0.410. The van der Waals surface area contributed by atoms with E-state index >= 15 is 0 Å². The van der Waals surface area contributed by atoms with E-state index in [1.54, 1.807) is 6.26 Å². The molecule has 25 heavy (non-hydrogen) atoms. The third-order valence-corrected chi connectivity index (χ3v) is 6.50. The average Bonchev–Trinajstić information content (AvgIpc) is 3.07. The van der Waals surface area contributed by atoms with Crippen LogP contribution in [0, 0.1) is 11.7 Å². The van der Waals surface area contributed by atoms with E-state index in [9.17, 15) is 9.18 Å². The van der Waals surface area contributed by atoms with Crippen molar-refractivity contribution in [1.29, 1.82) is 0 Å². The summed E-state index contributed by atoms with van der Waals surface area (Å²) >= 11 is 10.6. The van der Waals surface area contributed by atoms with Crippen LogP contribution in [0.3, 0.4) is 0 Å². The zero-order chi connectivity index (χ0) is 18.1. The second kappa shape index (κ2) is 7.82. The maximum absolute atomic E-state index is 14.6. The number of hydrogen-bond acceptors (Lipinski definition) is 5. The lowest BCUT2D eigenvalue weighted by Gasteiger charge is -2.20. The molecule has 0 spiro atoms. The molecule has 1 heterocycles. The van der Waals surface area contributed by atoms with Crippen molar-refractivity contribution in [2.24, 2.45) is 5.92 Å². The number of ether oxygens (including phenoxy) is 1. The van der Waals surface area contributed by atoms with Crippen LogP contribution in [-0.4, -0.2) is 35.9 Å². The first-order valence-electron chi connectivity index (χ1n) is 7.92. The van der Waals surface area contributed by atoms with Crippen molar-refractivity contribution in [1.82, 2.24) is 15.3 Å². The van der Waals surface area contributed by atoms with Crippen LogP contribution < -0.4 is 15.6 Å². The number of hydrogen-bond donors (Lipinski definition) is 2. The van der Waals surface area contributed by atoms with Gasteiger partial charge in [-0.1, -0.05) is 29.8 Å². The Bertz CT molecular complexity index is 864. The molecule has 1 aliphatic carbocycles. The highest BCUT2D eigenvalue weighted by atomic mass is 79.9. The molecule has 1 fully saturated rings. The molecule has 9 heteroatoms. The fraction of sp³-hybridized carbons (Fsp3) is 0.500. The first-order valence-corrected chi connectivity index (χ1v) is 10.3. The monoisotopic (exact) mass is 449 g/mol. The minimum Gasteiger partial charge on any atom is -0.491 e. The van der Waals surface area contributed by atoms with Crippen LogP contribution in [0.5, 0.6) is 5.75 Å². The van der Waals surface area contributed by atoms with Gasteiger partial charge in [-0.3, -0.25) is 4.79 Å². The van der Waals surface area contributed by atoms with Gasteiger partial charge in [-0.05, 0) is 42.1 Å². The molecule has 0 radical (unpaired) electrons. The number of H-pyrrole nitrogens is 1. The summed E-state index contributed by atoms with van der Waals surface area (Å²) in [5.74, 6) is -0.173. The number of rotatable bonds is 5. The van der Waals surface area contributed by atoms with Gasteiger partial charge in [0.15, 0.2) is 16.7 Å². The van der Waals surface area contributed by atoms with Gasteiger partial charge in [0.25, 0.3) is 5.56 Å².